The monoisotopic (exact) mass is 256 g/mol. The van der Waals surface area contributed by atoms with Crippen LogP contribution in [0.4, 0.5) is 0 Å². The predicted molar refractivity (Wildman–Crippen MR) is 77.3 cm³/mol. The minimum atomic E-state index is 0.175. The van der Waals surface area contributed by atoms with Crippen LogP contribution >= 0.6 is 11.8 Å². The van der Waals surface area contributed by atoms with E-state index in [1.807, 2.05) is 54.6 Å². The molecular formula is C16H16OS. The van der Waals surface area contributed by atoms with Gasteiger partial charge >= 0.3 is 0 Å². The third kappa shape index (κ3) is 3.47. The molecule has 0 radical (unpaired) electrons. The fraction of sp³-hybridized carbons (Fsp3) is 0.188. The first-order valence-electron chi connectivity index (χ1n) is 6.09. The molecule has 0 unspecified atom stereocenters. The normalized spacial score (nSPS) is 10.3. The van der Waals surface area contributed by atoms with E-state index in [0.29, 0.717) is 6.42 Å². The highest BCUT2D eigenvalue weighted by molar-refractivity contribution is 7.99. The van der Waals surface area contributed by atoms with E-state index in [1.54, 1.807) is 11.8 Å². The van der Waals surface area contributed by atoms with Gasteiger partial charge in [-0.2, -0.15) is 0 Å². The Morgan fingerprint density at radius 1 is 1.00 bits per heavy atom. The zero-order chi connectivity index (χ0) is 12.8. The number of benzene rings is 2. The molecule has 0 aliphatic heterocycles. The molecule has 1 nitrogen and oxygen atoms in total. The van der Waals surface area contributed by atoms with Gasteiger partial charge in [0, 0.05) is 16.9 Å². The summed E-state index contributed by atoms with van der Waals surface area (Å²) in [5.41, 5.74) is 1.86. The number of ketones is 1. The molecule has 0 fully saturated rings. The summed E-state index contributed by atoms with van der Waals surface area (Å²) in [6.07, 6.45) is 0.473. The molecule has 2 aromatic rings. The van der Waals surface area contributed by atoms with E-state index in [2.05, 4.69) is 6.92 Å². The van der Waals surface area contributed by atoms with Crippen LogP contribution in [-0.4, -0.2) is 11.5 Å². The number of Topliss-reactive ketones (excluding diaryl/α,β-unsaturated/α-hetero) is 1. The Morgan fingerprint density at radius 3 is 2.28 bits per heavy atom. The first-order valence-corrected chi connectivity index (χ1v) is 7.08. The molecule has 0 atom stereocenters. The lowest BCUT2D eigenvalue weighted by molar-refractivity contribution is 0.0993. The predicted octanol–water partition coefficient (Wildman–Crippen LogP) is 4.22. The van der Waals surface area contributed by atoms with E-state index < -0.39 is 0 Å². The second-order valence-electron chi connectivity index (χ2n) is 4.04. The van der Waals surface area contributed by atoms with Crippen LogP contribution in [0.1, 0.15) is 22.8 Å². The van der Waals surface area contributed by atoms with E-state index in [1.165, 1.54) is 4.90 Å². The van der Waals surface area contributed by atoms with Gasteiger partial charge in [0.1, 0.15) is 0 Å². The maximum Gasteiger partial charge on any atom is 0.167 e. The second kappa shape index (κ2) is 6.41. The smallest absolute Gasteiger partial charge is 0.167 e. The fourth-order valence-corrected chi connectivity index (χ4v) is 2.45. The summed E-state index contributed by atoms with van der Waals surface area (Å²) < 4.78 is 0. The summed E-state index contributed by atoms with van der Waals surface area (Å²) in [4.78, 5) is 13.3. The highest BCUT2D eigenvalue weighted by Crippen LogP contribution is 2.18. The molecule has 0 saturated carbocycles. The van der Waals surface area contributed by atoms with Crippen molar-refractivity contribution in [1.82, 2.24) is 0 Å². The summed E-state index contributed by atoms with van der Waals surface area (Å²) in [6, 6.07) is 17.7. The van der Waals surface area contributed by atoms with Crippen molar-refractivity contribution in [2.75, 3.05) is 5.75 Å². The van der Waals surface area contributed by atoms with Crippen LogP contribution in [-0.2, 0) is 6.42 Å². The number of hydrogen-bond donors (Lipinski definition) is 0. The lowest BCUT2D eigenvalue weighted by Crippen LogP contribution is -2.03. The summed E-state index contributed by atoms with van der Waals surface area (Å²) in [5, 5.41) is 0. The Hall–Kier alpha value is -1.54. The number of carbonyl (C=O) groups excluding carboxylic acids is 1. The SMILES string of the molecule is CCSc1ccc(C(=O)Cc2ccccc2)cc1. The van der Waals surface area contributed by atoms with Crippen LogP contribution < -0.4 is 0 Å². The summed E-state index contributed by atoms with van der Waals surface area (Å²) in [6.45, 7) is 2.12. The van der Waals surface area contributed by atoms with Gasteiger partial charge in [-0.1, -0.05) is 49.4 Å². The number of carbonyl (C=O) groups is 1. The van der Waals surface area contributed by atoms with Gasteiger partial charge in [-0.25, -0.2) is 0 Å². The molecule has 0 heterocycles. The third-order valence-corrected chi connectivity index (χ3v) is 3.59. The molecule has 0 bridgehead atoms. The average Bonchev–Trinajstić information content (AvgIpc) is 2.41. The van der Waals surface area contributed by atoms with Crippen molar-refractivity contribution in [3.05, 3.63) is 65.7 Å². The van der Waals surface area contributed by atoms with E-state index in [-0.39, 0.29) is 5.78 Å². The average molecular weight is 256 g/mol. The van der Waals surface area contributed by atoms with Crippen molar-refractivity contribution >= 4 is 17.5 Å². The van der Waals surface area contributed by atoms with Crippen LogP contribution in [0.15, 0.2) is 59.5 Å². The van der Waals surface area contributed by atoms with E-state index >= 15 is 0 Å². The van der Waals surface area contributed by atoms with Gasteiger partial charge in [-0.15, -0.1) is 11.8 Å². The van der Waals surface area contributed by atoms with E-state index in [0.717, 1.165) is 16.9 Å². The molecule has 0 saturated heterocycles. The molecule has 2 aromatic carbocycles. The minimum absolute atomic E-state index is 0.175. The van der Waals surface area contributed by atoms with E-state index in [4.69, 9.17) is 0 Å². The molecule has 92 valence electrons. The highest BCUT2D eigenvalue weighted by Gasteiger charge is 2.06. The summed E-state index contributed by atoms with van der Waals surface area (Å²) >= 11 is 1.79. The van der Waals surface area contributed by atoms with Crippen molar-refractivity contribution in [3.8, 4) is 0 Å². The highest BCUT2D eigenvalue weighted by atomic mass is 32.2. The molecule has 0 spiro atoms. The number of hydrogen-bond acceptors (Lipinski definition) is 2. The zero-order valence-corrected chi connectivity index (χ0v) is 11.2. The maximum absolute atomic E-state index is 12.1. The van der Waals surface area contributed by atoms with Gasteiger partial charge < -0.3 is 0 Å². The van der Waals surface area contributed by atoms with E-state index in [9.17, 15) is 4.79 Å². The first kappa shape index (κ1) is 12.9. The minimum Gasteiger partial charge on any atom is -0.294 e. The molecule has 0 N–H and O–H groups in total. The van der Waals surface area contributed by atoms with Crippen LogP contribution in [0.2, 0.25) is 0 Å². The molecule has 18 heavy (non-hydrogen) atoms. The molecule has 0 aliphatic rings. The first-order chi connectivity index (χ1) is 8.79. The second-order valence-corrected chi connectivity index (χ2v) is 5.38. The van der Waals surface area contributed by atoms with Crippen molar-refractivity contribution in [2.24, 2.45) is 0 Å². The Balaban J connectivity index is 2.05. The quantitative estimate of drug-likeness (QED) is 0.588. The lowest BCUT2D eigenvalue weighted by atomic mass is 10.0. The third-order valence-electron chi connectivity index (χ3n) is 2.69. The Bertz CT molecular complexity index is 502. The molecule has 0 aliphatic carbocycles. The van der Waals surface area contributed by atoms with Crippen LogP contribution in [0, 0.1) is 0 Å². The largest absolute Gasteiger partial charge is 0.294 e. The Labute approximate surface area is 112 Å². The van der Waals surface area contributed by atoms with Crippen LogP contribution in [0.25, 0.3) is 0 Å². The van der Waals surface area contributed by atoms with Gasteiger partial charge in [0.25, 0.3) is 0 Å². The molecule has 0 amide bonds. The van der Waals surface area contributed by atoms with Crippen molar-refractivity contribution in [3.63, 3.8) is 0 Å². The molecule has 0 aromatic heterocycles. The molecule has 2 rings (SSSR count). The molecule has 2 heteroatoms. The van der Waals surface area contributed by atoms with Gasteiger partial charge in [-0.05, 0) is 23.4 Å². The van der Waals surface area contributed by atoms with Crippen LogP contribution in [0.5, 0.6) is 0 Å². The zero-order valence-electron chi connectivity index (χ0n) is 10.4. The van der Waals surface area contributed by atoms with Crippen LogP contribution in [0.3, 0.4) is 0 Å². The number of thioether (sulfide) groups is 1. The summed E-state index contributed by atoms with van der Waals surface area (Å²) in [7, 11) is 0. The van der Waals surface area contributed by atoms with Gasteiger partial charge in [-0.3, -0.25) is 4.79 Å². The Kier molecular flexibility index (Phi) is 4.59. The van der Waals surface area contributed by atoms with Gasteiger partial charge in [0.15, 0.2) is 5.78 Å². The number of rotatable bonds is 5. The topological polar surface area (TPSA) is 17.1 Å². The Morgan fingerprint density at radius 2 is 1.67 bits per heavy atom. The maximum atomic E-state index is 12.1. The van der Waals surface area contributed by atoms with Gasteiger partial charge in [0.05, 0.1) is 0 Å². The lowest BCUT2D eigenvalue weighted by Gasteiger charge is -2.03. The molecular weight excluding hydrogens is 240 g/mol. The van der Waals surface area contributed by atoms with Crippen molar-refractivity contribution in [2.45, 2.75) is 18.2 Å². The van der Waals surface area contributed by atoms with Crippen molar-refractivity contribution < 1.29 is 4.79 Å². The fourth-order valence-electron chi connectivity index (χ4n) is 1.79. The van der Waals surface area contributed by atoms with Crippen molar-refractivity contribution in [1.29, 1.82) is 0 Å². The standard InChI is InChI=1S/C16H16OS/c1-2-18-15-10-8-14(9-11-15)16(17)12-13-6-4-3-5-7-13/h3-11H,2,12H2,1H3. The summed E-state index contributed by atoms with van der Waals surface area (Å²) in [5.74, 6) is 1.23. The van der Waals surface area contributed by atoms with Gasteiger partial charge in [0.2, 0.25) is 0 Å².